The lowest BCUT2D eigenvalue weighted by molar-refractivity contribution is -0.133. The summed E-state index contributed by atoms with van der Waals surface area (Å²) in [6.07, 6.45) is 1.28. The Hall–Kier alpha value is -2.25. The molecule has 1 amide bonds. The molecule has 0 saturated carbocycles. The Labute approximate surface area is 165 Å². The second kappa shape index (κ2) is 11.6. The molecule has 0 aromatic carbocycles. The highest BCUT2D eigenvalue weighted by molar-refractivity contribution is 5.81. The molecule has 1 saturated heterocycles. The van der Waals surface area contributed by atoms with Gasteiger partial charge in [-0.3, -0.25) is 4.79 Å². The third-order valence-corrected chi connectivity index (χ3v) is 4.13. The summed E-state index contributed by atoms with van der Waals surface area (Å²) >= 11 is 0. The summed E-state index contributed by atoms with van der Waals surface area (Å²) in [5, 5.41) is 5.65. The number of carbonyl (C=O) groups is 1. The SMILES string of the molecule is C=C(C)NC(C)=N/C=C(\C(=C\CC)NCCCN1CCCCC1=O)C(F)(F)F. The van der Waals surface area contributed by atoms with Gasteiger partial charge in [-0.2, -0.15) is 13.2 Å². The first kappa shape index (κ1) is 23.8. The molecular weight excluding hydrogens is 369 g/mol. The van der Waals surface area contributed by atoms with Crippen LogP contribution in [0.4, 0.5) is 13.2 Å². The van der Waals surface area contributed by atoms with Gasteiger partial charge in [-0.05, 0) is 39.5 Å². The second-order valence-corrected chi connectivity index (χ2v) is 6.80. The van der Waals surface area contributed by atoms with Gasteiger partial charge in [-0.25, -0.2) is 4.99 Å². The van der Waals surface area contributed by atoms with Gasteiger partial charge in [0, 0.05) is 43.6 Å². The molecule has 0 spiro atoms. The summed E-state index contributed by atoms with van der Waals surface area (Å²) in [6, 6.07) is 0. The predicted molar refractivity (Wildman–Crippen MR) is 107 cm³/mol. The van der Waals surface area contributed by atoms with E-state index in [1.165, 1.54) is 6.08 Å². The second-order valence-electron chi connectivity index (χ2n) is 6.80. The van der Waals surface area contributed by atoms with Gasteiger partial charge in [0.25, 0.3) is 0 Å². The molecule has 0 bridgehead atoms. The van der Waals surface area contributed by atoms with E-state index in [4.69, 9.17) is 0 Å². The Morgan fingerprint density at radius 3 is 2.61 bits per heavy atom. The molecule has 1 fully saturated rings. The zero-order valence-corrected chi connectivity index (χ0v) is 17.0. The number of likely N-dealkylation sites (tertiary alicyclic amines) is 1. The van der Waals surface area contributed by atoms with Crippen LogP contribution in [-0.2, 0) is 4.79 Å². The number of hydrogen-bond donors (Lipinski definition) is 2. The van der Waals surface area contributed by atoms with Crippen molar-refractivity contribution in [2.75, 3.05) is 19.6 Å². The van der Waals surface area contributed by atoms with Gasteiger partial charge < -0.3 is 15.5 Å². The Kier molecular flexibility index (Phi) is 9.82. The van der Waals surface area contributed by atoms with Crippen LogP contribution in [0.2, 0.25) is 0 Å². The predicted octanol–water partition coefficient (Wildman–Crippen LogP) is 4.26. The normalized spacial score (nSPS) is 17.0. The molecule has 0 aliphatic carbocycles. The molecular formula is C20H31F3N4O. The summed E-state index contributed by atoms with van der Waals surface area (Å²) in [4.78, 5) is 17.5. The number of amidine groups is 1. The maximum atomic E-state index is 13.5. The average molecular weight is 400 g/mol. The Bertz CT molecular complexity index is 636. The van der Waals surface area contributed by atoms with Crippen molar-refractivity contribution in [2.45, 2.75) is 59.1 Å². The Morgan fingerprint density at radius 2 is 2.04 bits per heavy atom. The first-order valence-corrected chi connectivity index (χ1v) is 9.61. The summed E-state index contributed by atoms with van der Waals surface area (Å²) in [5.74, 6) is 0.454. The van der Waals surface area contributed by atoms with Crippen LogP contribution in [0, 0.1) is 0 Å². The lowest BCUT2D eigenvalue weighted by atomic mass is 10.1. The summed E-state index contributed by atoms with van der Waals surface area (Å²) in [7, 11) is 0. The quantitative estimate of drug-likeness (QED) is 0.263. The Balaban J connectivity index is 2.78. The maximum absolute atomic E-state index is 13.5. The van der Waals surface area contributed by atoms with Crippen molar-refractivity contribution in [3.8, 4) is 0 Å². The maximum Gasteiger partial charge on any atom is 0.419 e. The van der Waals surface area contributed by atoms with E-state index in [-0.39, 0.29) is 11.6 Å². The van der Waals surface area contributed by atoms with Crippen LogP contribution in [-0.4, -0.2) is 42.5 Å². The third kappa shape index (κ3) is 8.63. The number of alkyl halides is 3. The standard InChI is InChI=1S/C20H31F3N4O/c1-5-9-18(24-11-8-13-27-12-7-6-10-19(27)28)17(20(21,22)23)14-25-16(4)26-15(2)3/h9,14,24H,2,5-8,10-13H2,1,3-4H3,(H,25,26)/b17-14+,18-9-. The summed E-state index contributed by atoms with van der Waals surface area (Å²) in [6.45, 7) is 10.3. The van der Waals surface area contributed by atoms with Crippen molar-refractivity contribution >= 4 is 11.7 Å². The van der Waals surface area contributed by atoms with Crippen LogP contribution in [0.25, 0.3) is 0 Å². The number of carbonyl (C=O) groups excluding carboxylic acids is 1. The van der Waals surface area contributed by atoms with Crippen molar-refractivity contribution in [3.63, 3.8) is 0 Å². The highest BCUT2D eigenvalue weighted by atomic mass is 19.4. The fourth-order valence-corrected chi connectivity index (χ4v) is 2.87. The van der Waals surface area contributed by atoms with Gasteiger partial charge in [-0.1, -0.05) is 19.6 Å². The molecule has 1 aliphatic rings. The largest absolute Gasteiger partial charge is 0.419 e. The summed E-state index contributed by atoms with van der Waals surface area (Å²) in [5.41, 5.74) is -0.226. The molecule has 0 aromatic rings. The first-order valence-electron chi connectivity index (χ1n) is 9.61. The topological polar surface area (TPSA) is 56.7 Å². The van der Waals surface area contributed by atoms with Crippen molar-refractivity contribution in [1.29, 1.82) is 0 Å². The van der Waals surface area contributed by atoms with Gasteiger partial charge in [0.1, 0.15) is 5.84 Å². The van der Waals surface area contributed by atoms with Crippen molar-refractivity contribution in [2.24, 2.45) is 4.99 Å². The first-order chi connectivity index (χ1) is 13.1. The number of hydrogen-bond acceptors (Lipinski definition) is 3. The fraction of sp³-hybridized carbons (Fsp3) is 0.600. The third-order valence-electron chi connectivity index (χ3n) is 4.13. The van der Waals surface area contributed by atoms with Gasteiger partial charge >= 0.3 is 6.18 Å². The van der Waals surface area contributed by atoms with Gasteiger partial charge in [0.2, 0.25) is 5.91 Å². The van der Waals surface area contributed by atoms with E-state index in [0.717, 1.165) is 25.6 Å². The molecule has 0 radical (unpaired) electrons. The number of nitrogens with zero attached hydrogens (tertiary/aromatic N) is 2. The van der Waals surface area contributed by atoms with Gasteiger partial charge in [0.15, 0.2) is 0 Å². The van der Waals surface area contributed by atoms with E-state index in [0.29, 0.717) is 43.9 Å². The number of halogens is 3. The number of amides is 1. The van der Waals surface area contributed by atoms with Crippen LogP contribution in [0.15, 0.2) is 40.8 Å². The van der Waals surface area contributed by atoms with E-state index in [2.05, 4.69) is 22.2 Å². The van der Waals surface area contributed by atoms with Crippen molar-refractivity contribution in [1.82, 2.24) is 15.5 Å². The fourth-order valence-electron chi connectivity index (χ4n) is 2.87. The molecule has 1 heterocycles. The summed E-state index contributed by atoms with van der Waals surface area (Å²) < 4.78 is 40.6. The highest BCUT2D eigenvalue weighted by Gasteiger charge is 2.36. The molecule has 0 aromatic heterocycles. The number of allylic oxidation sites excluding steroid dienone is 3. The molecule has 1 aliphatic heterocycles. The Morgan fingerprint density at radius 1 is 1.32 bits per heavy atom. The van der Waals surface area contributed by atoms with Gasteiger partial charge in [0.05, 0.1) is 5.57 Å². The molecule has 0 unspecified atom stereocenters. The van der Waals surface area contributed by atoms with Crippen molar-refractivity contribution < 1.29 is 18.0 Å². The lowest BCUT2D eigenvalue weighted by Crippen LogP contribution is -2.37. The minimum absolute atomic E-state index is 0.00634. The van der Waals surface area contributed by atoms with Crippen molar-refractivity contribution in [3.05, 3.63) is 35.8 Å². The molecule has 0 atom stereocenters. The number of rotatable bonds is 9. The lowest BCUT2D eigenvalue weighted by Gasteiger charge is -2.27. The number of nitrogens with one attached hydrogen (secondary N) is 2. The molecule has 8 heteroatoms. The molecule has 1 rings (SSSR count). The van der Waals surface area contributed by atoms with E-state index in [9.17, 15) is 18.0 Å². The zero-order chi connectivity index (χ0) is 21.2. The number of piperidine rings is 1. The smallest absolute Gasteiger partial charge is 0.385 e. The molecule has 5 nitrogen and oxygen atoms in total. The van der Waals surface area contributed by atoms with Gasteiger partial charge in [-0.15, -0.1) is 0 Å². The minimum atomic E-state index is -4.54. The highest BCUT2D eigenvalue weighted by Crippen LogP contribution is 2.30. The van der Waals surface area contributed by atoms with E-state index < -0.39 is 11.7 Å². The van der Waals surface area contributed by atoms with E-state index in [1.807, 2.05) is 0 Å². The average Bonchev–Trinajstić information content (AvgIpc) is 2.58. The molecule has 28 heavy (non-hydrogen) atoms. The van der Waals surface area contributed by atoms with Crippen LogP contribution < -0.4 is 10.6 Å². The zero-order valence-electron chi connectivity index (χ0n) is 17.0. The van der Waals surface area contributed by atoms with Crippen LogP contribution in [0.1, 0.15) is 52.9 Å². The van der Waals surface area contributed by atoms with Crippen LogP contribution in [0.5, 0.6) is 0 Å². The molecule has 2 N–H and O–H groups in total. The minimum Gasteiger partial charge on any atom is -0.385 e. The van der Waals surface area contributed by atoms with Crippen LogP contribution >= 0.6 is 0 Å². The van der Waals surface area contributed by atoms with Crippen LogP contribution in [0.3, 0.4) is 0 Å². The van der Waals surface area contributed by atoms with E-state index >= 15 is 0 Å². The van der Waals surface area contributed by atoms with E-state index in [1.54, 1.807) is 25.7 Å². The monoisotopic (exact) mass is 400 g/mol. The molecule has 158 valence electrons. The number of aliphatic imine (C=N–C) groups is 1.